The summed E-state index contributed by atoms with van der Waals surface area (Å²) in [5.41, 5.74) is 0.907. The monoisotopic (exact) mass is 263 g/mol. The number of para-hydroxylation sites is 1. The third-order valence-electron chi connectivity index (χ3n) is 2.88. The zero-order chi connectivity index (χ0) is 13.9. The largest absolute Gasteiger partial charge is 0.488 e. The van der Waals surface area contributed by atoms with Crippen LogP contribution in [0.15, 0.2) is 24.3 Å². The van der Waals surface area contributed by atoms with Gasteiger partial charge in [-0.05, 0) is 32.4 Å². The van der Waals surface area contributed by atoms with E-state index in [0.717, 1.165) is 12.2 Å². The van der Waals surface area contributed by atoms with Crippen molar-refractivity contribution >= 4 is 5.91 Å². The van der Waals surface area contributed by atoms with Gasteiger partial charge in [-0.25, -0.2) is 0 Å². The Morgan fingerprint density at radius 1 is 1.42 bits per heavy atom. The Kier molecular flexibility index (Phi) is 4.10. The van der Waals surface area contributed by atoms with Crippen molar-refractivity contribution in [2.24, 2.45) is 0 Å². The first-order valence-corrected chi connectivity index (χ1v) is 6.59. The number of nitrogens with one attached hydrogen (secondary N) is 1. The fourth-order valence-electron chi connectivity index (χ4n) is 1.93. The Balaban J connectivity index is 1.72. The van der Waals surface area contributed by atoms with Gasteiger partial charge >= 0.3 is 0 Å². The van der Waals surface area contributed by atoms with Gasteiger partial charge in [0.15, 0.2) is 0 Å². The Morgan fingerprint density at radius 3 is 2.84 bits per heavy atom. The Labute approximate surface area is 114 Å². The minimum Gasteiger partial charge on any atom is -0.488 e. The number of carbonyl (C=O) groups excluding carboxylic acids is 1. The quantitative estimate of drug-likeness (QED) is 0.903. The summed E-state index contributed by atoms with van der Waals surface area (Å²) < 4.78 is 11.2. The summed E-state index contributed by atoms with van der Waals surface area (Å²) in [7, 11) is 0. The van der Waals surface area contributed by atoms with E-state index in [9.17, 15) is 4.79 Å². The van der Waals surface area contributed by atoms with Crippen molar-refractivity contribution in [3.05, 3.63) is 29.8 Å². The zero-order valence-corrected chi connectivity index (χ0v) is 11.7. The van der Waals surface area contributed by atoms with Crippen LogP contribution in [-0.2, 0) is 16.0 Å². The van der Waals surface area contributed by atoms with Crippen LogP contribution < -0.4 is 10.1 Å². The molecule has 0 bridgehead atoms. The molecular weight excluding hydrogens is 242 g/mol. The van der Waals surface area contributed by atoms with Crippen molar-refractivity contribution < 1.29 is 14.3 Å². The van der Waals surface area contributed by atoms with Crippen LogP contribution in [0.2, 0.25) is 0 Å². The Bertz CT molecular complexity index is 426. The molecule has 19 heavy (non-hydrogen) atoms. The van der Waals surface area contributed by atoms with Gasteiger partial charge in [-0.2, -0.15) is 0 Å². The highest BCUT2D eigenvalue weighted by molar-refractivity contribution is 5.77. The average molecular weight is 263 g/mol. The maximum Gasteiger partial charge on any atom is 0.246 e. The van der Waals surface area contributed by atoms with Gasteiger partial charge in [0.05, 0.1) is 12.1 Å². The fraction of sp³-hybridized carbons (Fsp3) is 0.533. The lowest BCUT2D eigenvalue weighted by atomic mass is 10.1. The lowest BCUT2D eigenvalue weighted by molar-refractivity contribution is -0.130. The summed E-state index contributed by atoms with van der Waals surface area (Å²) in [4.78, 5) is 11.6. The van der Waals surface area contributed by atoms with Gasteiger partial charge < -0.3 is 14.8 Å². The molecule has 104 valence electrons. The van der Waals surface area contributed by atoms with Gasteiger partial charge in [-0.15, -0.1) is 0 Å². The Hall–Kier alpha value is -1.55. The molecule has 0 aliphatic carbocycles. The second-order valence-electron chi connectivity index (χ2n) is 5.76. The molecule has 0 radical (unpaired) electrons. The second-order valence-corrected chi connectivity index (χ2v) is 5.76. The standard InChI is InChI=1S/C15H21NO3/c1-15(2,3)18-10-14(17)16-9-12-8-11-6-4-5-7-13(11)19-12/h4-7,12H,8-10H2,1-3H3,(H,16,17). The summed E-state index contributed by atoms with van der Waals surface area (Å²) in [5, 5.41) is 2.84. The van der Waals surface area contributed by atoms with Crippen molar-refractivity contribution in [2.75, 3.05) is 13.2 Å². The van der Waals surface area contributed by atoms with Crippen LogP contribution in [0.5, 0.6) is 5.75 Å². The third-order valence-corrected chi connectivity index (χ3v) is 2.88. The molecule has 0 aromatic heterocycles. The molecule has 1 amide bonds. The van der Waals surface area contributed by atoms with E-state index >= 15 is 0 Å². The second kappa shape index (κ2) is 5.61. The molecule has 1 unspecified atom stereocenters. The molecule has 4 heteroatoms. The molecule has 0 saturated carbocycles. The van der Waals surface area contributed by atoms with E-state index in [-0.39, 0.29) is 24.2 Å². The van der Waals surface area contributed by atoms with Gasteiger partial charge in [-0.1, -0.05) is 18.2 Å². The predicted molar refractivity (Wildman–Crippen MR) is 73.3 cm³/mol. The molecule has 1 aliphatic heterocycles. The number of hydrogen-bond acceptors (Lipinski definition) is 3. The highest BCUT2D eigenvalue weighted by atomic mass is 16.5. The first-order valence-electron chi connectivity index (χ1n) is 6.59. The lowest BCUT2D eigenvalue weighted by Crippen LogP contribution is -2.38. The fourth-order valence-corrected chi connectivity index (χ4v) is 1.93. The summed E-state index contributed by atoms with van der Waals surface area (Å²) in [5.74, 6) is 0.821. The number of fused-ring (bicyclic) bond motifs is 1. The number of amides is 1. The number of hydrogen-bond donors (Lipinski definition) is 1. The van der Waals surface area contributed by atoms with Crippen molar-refractivity contribution in [1.29, 1.82) is 0 Å². The average Bonchev–Trinajstić information content (AvgIpc) is 2.75. The van der Waals surface area contributed by atoms with Crippen LogP contribution in [0.25, 0.3) is 0 Å². The molecule has 1 atom stereocenters. The predicted octanol–water partition coefficient (Wildman–Crippen LogP) is 1.92. The zero-order valence-electron chi connectivity index (χ0n) is 11.7. The van der Waals surface area contributed by atoms with E-state index in [0.29, 0.717) is 6.54 Å². The van der Waals surface area contributed by atoms with Crippen molar-refractivity contribution in [3.63, 3.8) is 0 Å². The first kappa shape index (κ1) is 13.9. The minimum atomic E-state index is -0.294. The maximum absolute atomic E-state index is 11.6. The van der Waals surface area contributed by atoms with Crippen LogP contribution >= 0.6 is 0 Å². The van der Waals surface area contributed by atoms with E-state index < -0.39 is 0 Å². The molecule has 4 nitrogen and oxygen atoms in total. The molecule has 0 saturated heterocycles. The number of rotatable bonds is 4. The van der Waals surface area contributed by atoms with E-state index in [1.165, 1.54) is 5.56 Å². The van der Waals surface area contributed by atoms with Crippen LogP contribution in [0.1, 0.15) is 26.3 Å². The van der Waals surface area contributed by atoms with Gasteiger partial charge in [0, 0.05) is 6.42 Å². The molecule has 2 rings (SSSR count). The van der Waals surface area contributed by atoms with Gasteiger partial charge in [0.25, 0.3) is 0 Å². The smallest absolute Gasteiger partial charge is 0.246 e. The summed E-state index contributed by atoms with van der Waals surface area (Å²) >= 11 is 0. The van der Waals surface area contributed by atoms with E-state index in [2.05, 4.69) is 11.4 Å². The molecule has 1 heterocycles. The van der Waals surface area contributed by atoms with E-state index in [1.807, 2.05) is 39.0 Å². The first-order chi connectivity index (χ1) is 8.94. The van der Waals surface area contributed by atoms with Crippen molar-refractivity contribution in [3.8, 4) is 5.75 Å². The molecule has 0 fully saturated rings. The summed E-state index contributed by atoms with van der Waals surface area (Å²) in [6, 6.07) is 7.97. The van der Waals surface area contributed by atoms with Crippen LogP contribution in [0.4, 0.5) is 0 Å². The van der Waals surface area contributed by atoms with Gasteiger partial charge in [0.2, 0.25) is 5.91 Å². The lowest BCUT2D eigenvalue weighted by Gasteiger charge is -2.19. The molecular formula is C15H21NO3. The third kappa shape index (κ3) is 4.24. The molecule has 1 aromatic carbocycles. The maximum atomic E-state index is 11.6. The highest BCUT2D eigenvalue weighted by Gasteiger charge is 2.22. The number of benzene rings is 1. The van der Waals surface area contributed by atoms with Crippen LogP contribution in [0, 0.1) is 0 Å². The molecule has 0 spiro atoms. The summed E-state index contributed by atoms with van der Waals surface area (Å²) in [6.07, 6.45) is 0.868. The van der Waals surface area contributed by atoms with Crippen LogP contribution in [-0.4, -0.2) is 30.8 Å². The highest BCUT2D eigenvalue weighted by Crippen LogP contribution is 2.27. The number of carbonyl (C=O) groups is 1. The number of ether oxygens (including phenoxy) is 2. The van der Waals surface area contributed by atoms with Gasteiger partial charge in [0.1, 0.15) is 18.5 Å². The van der Waals surface area contributed by atoms with E-state index in [4.69, 9.17) is 9.47 Å². The van der Waals surface area contributed by atoms with Crippen molar-refractivity contribution in [2.45, 2.75) is 38.9 Å². The Morgan fingerprint density at radius 2 is 2.16 bits per heavy atom. The molecule has 1 aromatic rings. The van der Waals surface area contributed by atoms with Crippen molar-refractivity contribution in [1.82, 2.24) is 5.32 Å². The van der Waals surface area contributed by atoms with Crippen LogP contribution in [0.3, 0.4) is 0 Å². The minimum absolute atomic E-state index is 0.0241. The topological polar surface area (TPSA) is 47.6 Å². The molecule has 1 aliphatic rings. The molecule has 1 N–H and O–H groups in total. The SMILES string of the molecule is CC(C)(C)OCC(=O)NCC1Cc2ccccc2O1. The normalized spacial score (nSPS) is 17.7. The summed E-state index contributed by atoms with van der Waals surface area (Å²) in [6.45, 7) is 6.38. The van der Waals surface area contributed by atoms with E-state index in [1.54, 1.807) is 0 Å². The van der Waals surface area contributed by atoms with Gasteiger partial charge in [-0.3, -0.25) is 4.79 Å².